The Morgan fingerprint density at radius 1 is 1.40 bits per heavy atom. The fourth-order valence-electron chi connectivity index (χ4n) is 2.46. The minimum Gasteiger partial charge on any atom is -0.338 e. The molecule has 0 bridgehead atoms. The van der Waals surface area contributed by atoms with Crippen LogP contribution < -0.4 is 5.32 Å². The molecule has 3 nitrogen and oxygen atoms in total. The lowest BCUT2D eigenvalue weighted by molar-refractivity contribution is 0.505. The Labute approximate surface area is 126 Å². The molecule has 4 heteroatoms. The number of aryl methyl sites for hydroxylation is 3. The third-order valence-electron chi connectivity index (χ3n) is 3.63. The van der Waals surface area contributed by atoms with Crippen LogP contribution in [0.2, 0.25) is 5.02 Å². The monoisotopic (exact) mass is 291 g/mol. The number of rotatable bonds is 6. The maximum atomic E-state index is 6.45. The van der Waals surface area contributed by atoms with E-state index in [1.54, 1.807) is 0 Å². The first-order valence-corrected chi connectivity index (χ1v) is 7.45. The molecule has 0 aliphatic heterocycles. The van der Waals surface area contributed by atoms with E-state index in [1.165, 1.54) is 5.56 Å². The summed E-state index contributed by atoms with van der Waals surface area (Å²) in [4.78, 5) is 4.38. The zero-order chi connectivity index (χ0) is 14.5. The zero-order valence-corrected chi connectivity index (χ0v) is 13.1. The van der Waals surface area contributed by atoms with Gasteiger partial charge in [-0.05, 0) is 31.0 Å². The SMILES string of the molecule is CCNC(CCc1nccn1C)c1cccc(C)c1Cl. The van der Waals surface area contributed by atoms with E-state index in [4.69, 9.17) is 11.6 Å². The molecular weight excluding hydrogens is 270 g/mol. The smallest absolute Gasteiger partial charge is 0.108 e. The molecule has 0 radical (unpaired) electrons. The summed E-state index contributed by atoms with van der Waals surface area (Å²) in [6, 6.07) is 6.50. The van der Waals surface area contributed by atoms with Crippen LogP contribution in [-0.4, -0.2) is 16.1 Å². The Kier molecular flexibility index (Phi) is 5.21. The van der Waals surface area contributed by atoms with E-state index in [0.29, 0.717) is 0 Å². The van der Waals surface area contributed by atoms with Crippen LogP contribution in [-0.2, 0) is 13.5 Å². The number of aromatic nitrogens is 2. The largest absolute Gasteiger partial charge is 0.338 e. The van der Waals surface area contributed by atoms with Crippen LogP contribution in [0.3, 0.4) is 0 Å². The van der Waals surface area contributed by atoms with Crippen molar-refractivity contribution in [1.29, 1.82) is 0 Å². The molecule has 0 amide bonds. The van der Waals surface area contributed by atoms with Gasteiger partial charge in [0.1, 0.15) is 5.82 Å². The second-order valence-electron chi connectivity index (χ2n) is 5.08. The topological polar surface area (TPSA) is 29.9 Å². The number of nitrogens with zero attached hydrogens (tertiary/aromatic N) is 2. The van der Waals surface area contributed by atoms with Crippen molar-refractivity contribution >= 4 is 11.6 Å². The van der Waals surface area contributed by atoms with Gasteiger partial charge in [0.2, 0.25) is 0 Å². The second kappa shape index (κ2) is 6.91. The average Bonchev–Trinajstić information content (AvgIpc) is 2.84. The molecule has 0 aliphatic carbocycles. The summed E-state index contributed by atoms with van der Waals surface area (Å²) in [6.45, 7) is 5.10. The highest BCUT2D eigenvalue weighted by Crippen LogP contribution is 2.28. The third-order valence-corrected chi connectivity index (χ3v) is 4.14. The Bertz CT molecular complexity index is 563. The van der Waals surface area contributed by atoms with Gasteiger partial charge in [-0.25, -0.2) is 4.98 Å². The van der Waals surface area contributed by atoms with Crippen molar-refractivity contribution in [3.8, 4) is 0 Å². The van der Waals surface area contributed by atoms with Crippen molar-refractivity contribution in [3.63, 3.8) is 0 Å². The number of imidazole rings is 1. The van der Waals surface area contributed by atoms with E-state index in [-0.39, 0.29) is 6.04 Å². The molecule has 1 unspecified atom stereocenters. The van der Waals surface area contributed by atoms with Gasteiger partial charge in [0.25, 0.3) is 0 Å². The van der Waals surface area contributed by atoms with Crippen molar-refractivity contribution in [2.75, 3.05) is 6.54 Å². The molecular formula is C16H22ClN3. The number of hydrogen-bond acceptors (Lipinski definition) is 2. The number of benzene rings is 1. The van der Waals surface area contributed by atoms with Gasteiger partial charge in [0.15, 0.2) is 0 Å². The van der Waals surface area contributed by atoms with Crippen LogP contribution in [0.4, 0.5) is 0 Å². The van der Waals surface area contributed by atoms with Crippen molar-refractivity contribution < 1.29 is 0 Å². The highest BCUT2D eigenvalue weighted by molar-refractivity contribution is 6.32. The summed E-state index contributed by atoms with van der Waals surface area (Å²) in [5, 5.41) is 4.40. The summed E-state index contributed by atoms with van der Waals surface area (Å²) < 4.78 is 2.07. The first-order valence-electron chi connectivity index (χ1n) is 7.08. The Balaban J connectivity index is 2.14. The molecule has 1 N–H and O–H groups in total. The van der Waals surface area contributed by atoms with Gasteiger partial charge >= 0.3 is 0 Å². The molecule has 0 aliphatic rings. The predicted octanol–water partition coefficient (Wildman–Crippen LogP) is 3.67. The minimum absolute atomic E-state index is 0.268. The maximum absolute atomic E-state index is 6.45. The van der Waals surface area contributed by atoms with Crippen LogP contribution in [0.1, 0.15) is 36.3 Å². The van der Waals surface area contributed by atoms with E-state index >= 15 is 0 Å². The van der Waals surface area contributed by atoms with E-state index in [1.807, 2.05) is 32.4 Å². The molecule has 108 valence electrons. The molecule has 1 aromatic heterocycles. The molecule has 0 saturated carbocycles. The summed E-state index contributed by atoms with van der Waals surface area (Å²) in [7, 11) is 2.03. The third kappa shape index (κ3) is 3.41. The first-order chi connectivity index (χ1) is 9.63. The summed E-state index contributed by atoms with van der Waals surface area (Å²) in [6.07, 6.45) is 5.75. The molecule has 1 aromatic carbocycles. The summed E-state index contributed by atoms with van der Waals surface area (Å²) in [5.74, 6) is 1.11. The molecule has 2 rings (SSSR count). The van der Waals surface area contributed by atoms with Crippen LogP contribution in [0.5, 0.6) is 0 Å². The zero-order valence-electron chi connectivity index (χ0n) is 12.4. The predicted molar refractivity (Wildman–Crippen MR) is 84.1 cm³/mol. The molecule has 2 aromatic rings. The normalized spacial score (nSPS) is 12.6. The molecule has 0 fully saturated rings. The maximum Gasteiger partial charge on any atom is 0.108 e. The van der Waals surface area contributed by atoms with Gasteiger partial charge in [-0.3, -0.25) is 0 Å². The summed E-state index contributed by atoms with van der Waals surface area (Å²) >= 11 is 6.45. The summed E-state index contributed by atoms with van der Waals surface area (Å²) in [5.41, 5.74) is 2.31. The lowest BCUT2D eigenvalue weighted by Crippen LogP contribution is -2.22. The fraction of sp³-hybridized carbons (Fsp3) is 0.438. The van der Waals surface area contributed by atoms with Gasteiger partial charge in [-0.15, -0.1) is 0 Å². The first kappa shape index (κ1) is 15.1. The Hall–Kier alpha value is -1.32. The van der Waals surface area contributed by atoms with Gasteiger partial charge in [-0.1, -0.05) is 36.7 Å². The second-order valence-corrected chi connectivity index (χ2v) is 5.46. The van der Waals surface area contributed by atoms with Gasteiger partial charge in [0.05, 0.1) is 0 Å². The van der Waals surface area contributed by atoms with Crippen LogP contribution in [0.25, 0.3) is 0 Å². The van der Waals surface area contributed by atoms with Crippen molar-refractivity contribution in [1.82, 2.24) is 14.9 Å². The molecule has 20 heavy (non-hydrogen) atoms. The quantitative estimate of drug-likeness (QED) is 0.880. The number of nitrogens with one attached hydrogen (secondary N) is 1. The van der Waals surface area contributed by atoms with E-state index < -0.39 is 0 Å². The fourth-order valence-corrected chi connectivity index (χ4v) is 2.72. The van der Waals surface area contributed by atoms with E-state index in [9.17, 15) is 0 Å². The van der Waals surface area contributed by atoms with Crippen LogP contribution in [0, 0.1) is 6.92 Å². The number of hydrogen-bond donors (Lipinski definition) is 1. The molecule has 1 atom stereocenters. The van der Waals surface area contributed by atoms with E-state index in [0.717, 1.165) is 35.8 Å². The molecule has 1 heterocycles. The van der Waals surface area contributed by atoms with Crippen molar-refractivity contribution in [2.45, 2.75) is 32.7 Å². The Morgan fingerprint density at radius 3 is 2.85 bits per heavy atom. The highest BCUT2D eigenvalue weighted by Gasteiger charge is 2.15. The number of halogens is 1. The van der Waals surface area contributed by atoms with Gasteiger partial charge < -0.3 is 9.88 Å². The van der Waals surface area contributed by atoms with Gasteiger partial charge in [-0.2, -0.15) is 0 Å². The van der Waals surface area contributed by atoms with Crippen molar-refractivity contribution in [2.24, 2.45) is 7.05 Å². The van der Waals surface area contributed by atoms with Crippen LogP contribution in [0.15, 0.2) is 30.6 Å². The minimum atomic E-state index is 0.268. The van der Waals surface area contributed by atoms with Crippen LogP contribution >= 0.6 is 11.6 Å². The van der Waals surface area contributed by atoms with Gasteiger partial charge in [0, 0.05) is 36.9 Å². The highest BCUT2D eigenvalue weighted by atomic mass is 35.5. The Morgan fingerprint density at radius 2 is 2.20 bits per heavy atom. The lowest BCUT2D eigenvalue weighted by Gasteiger charge is -2.20. The molecule has 0 saturated heterocycles. The average molecular weight is 292 g/mol. The lowest BCUT2D eigenvalue weighted by atomic mass is 9.99. The van der Waals surface area contributed by atoms with Crippen molar-refractivity contribution in [3.05, 3.63) is 52.6 Å². The molecule has 0 spiro atoms. The standard InChI is InChI=1S/C16H22ClN3/c1-4-18-14(8-9-15-19-10-11-20(15)3)13-7-5-6-12(2)16(13)17/h5-7,10-11,14,18H,4,8-9H2,1-3H3. The van der Waals surface area contributed by atoms with E-state index in [2.05, 4.69) is 33.9 Å².